The van der Waals surface area contributed by atoms with Crippen molar-refractivity contribution in [3.05, 3.63) is 18.0 Å². The highest BCUT2D eigenvalue weighted by Crippen LogP contribution is 2.10. The molecule has 0 aromatic carbocycles. The van der Waals surface area contributed by atoms with Crippen LogP contribution in [0, 0.1) is 5.92 Å². The molecular formula is C13H23N3O2. The Kier molecular flexibility index (Phi) is 5.34. The Bertz CT molecular complexity index is 387. The molecule has 0 saturated carbocycles. The molecule has 102 valence electrons. The van der Waals surface area contributed by atoms with E-state index in [9.17, 15) is 4.79 Å². The van der Waals surface area contributed by atoms with E-state index in [4.69, 9.17) is 5.11 Å². The molecule has 1 aromatic heterocycles. The summed E-state index contributed by atoms with van der Waals surface area (Å²) in [7, 11) is 0. The summed E-state index contributed by atoms with van der Waals surface area (Å²) in [6.45, 7) is 10.1. The summed E-state index contributed by atoms with van der Waals surface area (Å²) in [5.74, 6) is -1.09. The molecule has 0 fully saturated rings. The Hall–Kier alpha value is -1.36. The molecule has 1 unspecified atom stereocenters. The van der Waals surface area contributed by atoms with Gasteiger partial charge in [0.25, 0.3) is 0 Å². The van der Waals surface area contributed by atoms with Gasteiger partial charge in [0.15, 0.2) is 0 Å². The maximum absolute atomic E-state index is 10.9. The van der Waals surface area contributed by atoms with Gasteiger partial charge in [0.1, 0.15) is 0 Å². The first kappa shape index (κ1) is 14.7. The maximum Gasteiger partial charge on any atom is 0.307 e. The highest BCUT2D eigenvalue weighted by molar-refractivity contribution is 5.69. The predicted octanol–water partition coefficient (Wildman–Crippen LogP) is 2.01. The predicted molar refractivity (Wildman–Crippen MR) is 70.4 cm³/mol. The molecule has 0 saturated heterocycles. The Morgan fingerprint density at radius 1 is 1.50 bits per heavy atom. The van der Waals surface area contributed by atoms with E-state index in [1.807, 2.05) is 24.0 Å². The van der Waals surface area contributed by atoms with E-state index in [1.165, 1.54) is 0 Å². The van der Waals surface area contributed by atoms with Crippen LogP contribution in [0.1, 0.15) is 39.3 Å². The Morgan fingerprint density at radius 3 is 2.61 bits per heavy atom. The highest BCUT2D eigenvalue weighted by atomic mass is 16.4. The van der Waals surface area contributed by atoms with Crippen LogP contribution in [0.15, 0.2) is 12.4 Å². The molecular weight excluding hydrogens is 230 g/mol. The zero-order valence-corrected chi connectivity index (χ0v) is 11.6. The molecule has 0 spiro atoms. The normalized spacial score (nSPS) is 13.2. The first-order valence-corrected chi connectivity index (χ1v) is 6.42. The van der Waals surface area contributed by atoms with Crippen LogP contribution in [0.2, 0.25) is 0 Å². The lowest BCUT2D eigenvalue weighted by Gasteiger charge is -2.21. The van der Waals surface area contributed by atoms with Gasteiger partial charge in [0, 0.05) is 30.9 Å². The van der Waals surface area contributed by atoms with Gasteiger partial charge in [0.2, 0.25) is 0 Å². The number of aliphatic carboxylic acids is 1. The lowest BCUT2D eigenvalue weighted by Crippen LogP contribution is -2.31. The highest BCUT2D eigenvalue weighted by Gasteiger charge is 2.15. The van der Waals surface area contributed by atoms with E-state index in [1.54, 1.807) is 6.92 Å². The summed E-state index contributed by atoms with van der Waals surface area (Å²) in [6.07, 6.45) is 3.88. The molecule has 5 nitrogen and oxygen atoms in total. The quantitative estimate of drug-likeness (QED) is 0.807. The number of carbonyl (C=O) groups is 1. The van der Waals surface area contributed by atoms with Crippen molar-refractivity contribution < 1.29 is 9.90 Å². The van der Waals surface area contributed by atoms with Crippen LogP contribution in [0.25, 0.3) is 0 Å². The van der Waals surface area contributed by atoms with Crippen molar-refractivity contribution in [1.82, 2.24) is 14.7 Å². The van der Waals surface area contributed by atoms with Gasteiger partial charge in [-0.1, -0.05) is 13.8 Å². The van der Waals surface area contributed by atoms with E-state index in [-0.39, 0.29) is 5.92 Å². The van der Waals surface area contributed by atoms with Crippen LogP contribution in [0.3, 0.4) is 0 Å². The SMILES string of the molecule is CCN(Cc1cnn(C(C)C)c1)CC(C)C(=O)O. The fraction of sp³-hybridized carbons (Fsp3) is 0.692. The van der Waals surface area contributed by atoms with Gasteiger partial charge in [-0.25, -0.2) is 0 Å². The Labute approximate surface area is 108 Å². The van der Waals surface area contributed by atoms with Crippen molar-refractivity contribution in [2.24, 2.45) is 5.92 Å². The van der Waals surface area contributed by atoms with Gasteiger partial charge in [-0.3, -0.25) is 14.4 Å². The smallest absolute Gasteiger partial charge is 0.307 e. The first-order valence-electron chi connectivity index (χ1n) is 6.42. The number of carboxylic acid groups (broad SMARTS) is 1. The third-order valence-corrected chi connectivity index (χ3v) is 2.99. The number of hydrogen-bond acceptors (Lipinski definition) is 3. The lowest BCUT2D eigenvalue weighted by atomic mass is 10.1. The summed E-state index contributed by atoms with van der Waals surface area (Å²) in [6, 6.07) is 0.353. The van der Waals surface area contributed by atoms with E-state index in [0.29, 0.717) is 12.6 Å². The molecule has 0 bridgehead atoms. The minimum Gasteiger partial charge on any atom is -0.481 e. The fourth-order valence-corrected chi connectivity index (χ4v) is 1.77. The average Bonchev–Trinajstić information content (AvgIpc) is 2.76. The second-order valence-electron chi connectivity index (χ2n) is 4.99. The topological polar surface area (TPSA) is 58.4 Å². The van der Waals surface area contributed by atoms with Crippen LogP contribution >= 0.6 is 0 Å². The molecule has 18 heavy (non-hydrogen) atoms. The molecule has 0 amide bonds. The summed E-state index contributed by atoms with van der Waals surface area (Å²) in [5.41, 5.74) is 1.13. The minimum absolute atomic E-state index is 0.343. The van der Waals surface area contributed by atoms with Crippen molar-refractivity contribution in [3.63, 3.8) is 0 Å². The number of hydrogen-bond donors (Lipinski definition) is 1. The van der Waals surface area contributed by atoms with Crippen LogP contribution in [0.4, 0.5) is 0 Å². The number of aromatic nitrogens is 2. The van der Waals surface area contributed by atoms with E-state index < -0.39 is 5.97 Å². The van der Waals surface area contributed by atoms with Gasteiger partial charge in [-0.05, 0) is 20.4 Å². The lowest BCUT2D eigenvalue weighted by molar-refractivity contribution is -0.141. The minimum atomic E-state index is -0.744. The molecule has 1 atom stereocenters. The molecule has 1 aromatic rings. The zero-order valence-electron chi connectivity index (χ0n) is 11.6. The van der Waals surface area contributed by atoms with Gasteiger partial charge >= 0.3 is 5.97 Å². The van der Waals surface area contributed by atoms with Crippen molar-refractivity contribution in [2.45, 2.75) is 40.3 Å². The number of nitrogens with zero attached hydrogens (tertiary/aromatic N) is 3. The van der Waals surface area contributed by atoms with Gasteiger partial charge in [-0.2, -0.15) is 5.10 Å². The van der Waals surface area contributed by atoms with Crippen molar-refractivity contribution in [3.8, 4) is 0 Å². The van der Waals surface area contributed by atoms with E-state index >= 15 is 0 Å². The van der Waals surface area contributed by atoms with Crippen LogP contribution in [-0.4, -0.2) is 38.8 Å². The third-order valence-electron chi connectivity index (χ3n) is 2.99. The zero-order chi connectivity index (χ0) is 13.7. The first-order chi connectivity index (χ1) is 8.43. The van der Waals surface area contributed by atoms with Gasteiger partial charge in [-0.15, -0.1) is 0 Å². The second-order valence-corrected chi connectivity index (χ2v) is 4.99. The van der Waals surface area contributed by atoms with Crippen LogP contribution < -0.4 is 0 Å². The number of carboxylic acids is 1. The van der Waals surface area contributed by atoms with Crippen molar-refractivity contribution in [1.29, 1.82) is 0 Å². The Morgan fingerprint density at radius 2 is 2.17 bits per heavy atom. The van der Waals surface area contributed by atoms with Crippen LogP contribution in [-0.2, 0) is 11.3 Å². The summed E-state index contributed by atoms with van der Waals surface area (Å²) < 4.78 is 1.92. The monoisotopic (exact) mass is 253 g/mol. The molecule has 0 aliphatic heterocycles. The molecule has 0 aliphatic rings. The maximum atomic E-state index is 10.9. The summed E-state index contributed by atoms with van der Waals surface area (Å²) in [5, 5.41) is 13.2. The Balaban J connectivity index is 2.59. The summed E-state index contributed by atoms with van der Waals surface area (Å²) in [4.78, 5) is 13.0. The van der Waals surface area contributed by atoms with E-state index in [2.05, 4.69) is 23.8 Å². The molecule has 1 rings (SSSR count). The standard InChI is InChI=1S/C13H23N3O2/c1-5-15(7-11(4)13(17)18)8-12-6-14-16(9-12)10(2)3/h6,9-11H,5,7-8H2,1-4H3,(H,17,18). The molecule has 5 heteroatoms. The fourth-order valence-electron chi connectivity index (χ4n) is 1.77. The van der Waals surface area contributed by atoms with Crippen molar-refractivity contribution in [2.75, 3.05) is 13.1 Å². The molecule has 1 N–H and O–H groups in total. The summed E-state index contributed by atoms with van der Waals surface area (Å²) >= 11 is 0. The average molecular weight is 253 g/mol. The van der Waals surface area contributed by atoms with Gasteiger partial charge in [0.05, 0.1) is 12.1 Å². The van der Waals surface area contributed by atoms with E-state index in [0.717, 1.165) is 18.7 Å². The largest absolute Gasteiger partial charge is 0.481 e. The molecule has 1 heterocycles. The molecule has 0 aliphatic carbocycles. The third kappa shape index (κ3) is 4.14. The second kappa shape index (κ2) is 6.54. The van der Waals surface area contributed by atoms with Crippen molar-refractivity contribution >= 4 is 5.97 Å². The van der Waals surface area contributed by atoms with Gasteiger partial charge < -0.3 is 5.11 Å². The molecule has 0 radical (unpaired) electrons. The van der Waals surface area contributed by atoms with Crippen LogP contribution in [0.5, 0.6) is 0 Å². The number of rotatable bonds is 7.